The second-order valence-electron chi connectivity index (χ2n) is 4.47. The van der Waals surface area contributed by atoms with E-state index in [1.165, 1.54) is 5.56 Å². The van der Waals surface area contributed by atoms with Crippen LogP contribution in [0.3, 0.4) is 0 Å². The van der Waals surface area contributed by atoms with Gasteiger partial charge in [0.15, 0.2) is 0 Å². The summed E-state index contributed by atoms with van der Waals surface area (Å²) in [5, 5.41) is 11.7. The fraction of sp³-hybridized carbons (Fsp3) is 0.417. The average molecular weight is 284 g/mol. The summed E-state index contributed by atoms with van der Waals surface area (Å²) in [6.45, 7) is 0.877. The van der Waals surface area contributed by atoms with Gasteiger partial charge in [0, 0.05) is 12.2 Å². The van der Waals surface area contributed by atoms with E-state index in [1.807, 2.05) is 6.07 Å². The van der Waals surface area contributed by atoms with Gasteiger partial charge in [0.1, 0.15) is 0 Å². The highest BCUT2D eigenvalue weighted by Gasteiger charge is 2.14. The van der Waals surface area contributed by atoms with Crippen molar-refractivity contribution in [1.82, 2.24) is 0 Å². The Balaban J connectivity index is 2.08. The maximum Gasteiger partial charge on any atom is 0.304 e. The summed E-state index contributed by atoms with van der Waals surface area (Å²) in [4.78, 5) is 10.4. The molecule has 0 radical (unpaired) electrons. The van der Waals surface area contributed by atoms with Crippen LogP contribution in [0, 0.1) is 0 Å². The Bertz CT molecular complexity index is 583. The molecule has 0 amide bonds. The lowest BCUT2D eigenvalue weighted by atomic mass is 10.0. The van der Waals surface area contributed by atoms with Crippen LogP contribution < -0.4 is 10.0 Å². The number of carbonyl (C=O) groups is 1. The molecule has 6 nitrogen and oxygen atoms in total. The molecule has 7 heteroatoms. The molecule has 0 saturated heterocycles. The molecule has 0 spiro atoms. The first kappa shape index (κ1) is 13.7. The van der Waals surface area contributed by atoms with Gasteiger partial charge in [0.2, 0.25) is 10.0 Å². The van der Waals surface area contributed by atoms with Crippen LogP contribution in [0.15, 0.2) is 18.2 Å². The van der Waals surface area contributed by atoms with Gasteiger partial charge in [0.05, 0.1) is 17.9 Å². The van der Waals surface area contributed by atoms with Crippen molar-refractivity contribution in [2.75, 3.05) is 22.3 Å². The summed E-state index contributed by atoms with van der Waals surface area (Å²) >= 11 is 0. The van der Waals surface area contributed by atoms with Gasteiger partial charge >= 0.3 is 5.97 Å². The number of aliphatic carboxylic acids is 1. The van der Waals surface area contributed by atoms with Crippen molar-refractivity contribution in [1.29, 1.82) is 0 Å². The Morgan fingerprint density at radius 2 is 2.21 bits per heavy atom. The van der Waals surface area contributed by atoms with E-state index in [-0.39, 0.29) is 0 Å². The Morgan fingerprint density at radius 1 is 1.42 bits per heavy atom. The van der Waals surface area contributed by atoms with Crippen LogP contribution in [0.5, 0.6) is 0 Å². The van der Waals surface area contributed by atoms with Gasteiger partial charge in [-0.25, -0.2) is 8.42 Å². The number of aryl methyl sites for hydroxylation is 1. The van der Waals surface area contributed by atoms with E-state index in [4.69, 9.17) is 5.11 Å². The first-order chi connectivity index (χ1) is 8.96. The van der Waals surface area contributed by atoms with Crippen LogP contribution in [-0.2, 0) is 21.2 Å². The number of carboxylic acid groups (broad SMARTS) is 1. The minimum atomic E-state index is -3.61. The molecular formula is C12H16N2O4S. The molecule has 1 aliphatic heterocycles. The molecule has 3 N–H and O–H groups in total. The number of sulfonamides is 1. The van der Waals surface area contributed by atoms with Crippen LogP contribution in [0.4, 0.5) is 11.4 Å². The minimum Gasteiger partial charge on any atom is -0.481 e. The third-order valence-electron chi connectivity index (χ3n) is 2.91. The van der Waals surface area contributed by atoms with Crippen LogP contribution in [0.1, 0.15) is 18.4 Å². The molecule has 0 aliphatic carbocycles. The fourth-order valence-electron chi connectivity index (χ4n) is 1.98. The summed E-state index contributed by atoms with van der Waals surface area (Å²) in [6.07, 6.45) is 1.64. The first-order valence-corrected chi connectivity index (χ1v) is 7.70. The number of hydrogen-bond donors (Lipinski definition) is 3. The van der Waals surface area contributed by atoms with Crippen LogP contribution in [-0.4, -0.2) is 31.8 Å². The summed E-state index contributed by atoms with van der Waals surface area (Å²) in [6, 6.07) is 5.33. The lowest BCUT2D eigenvalue weighted by molar-refractivity contribution is -0.136. The molecule has 0 aromatic heterocycles. The smallest absolute Gasteiger partial charge is 0.304 e. The lowest BCUT2D eigenvalue weighted by Crippen LogP contribution is -2.19. The number of hydrogen-bond acceptors (Lipinski definition) is 4. The Kier molecular flexibility index (Phi) is 3.94. The molecular weight excluding hydrogens is 268 g/mol. The van der Waals surface area contributed by atoms with E-state index in [1.54, 1.807) is 12.1 Å². The number of anilines is 2. The second-order valence-corrected chi connectivity index (χ2v) is 6.31. The molecule has 104 valence electrons. The van der Waals surface area contributed by atoms with Gasteiger partial charge in [-0.05, 0) is 30.5 Å². The van der Waals surface area contributed by atoms with Gasteiger partial charge in [-0.15, -0.1) is 0 Å². The molecule has 1 aromatic rings. The predicted octanol–water partition coefficient (Wildman–Crippen LogP) is 1.26. The van der Waals surface area contributed by atoms with Crippen LogP contribution >= 0.6 is 0 Å². The molecule has 0 saturated carbocycles. The zero-order chi connectivity index (χ0) is 13.9. The highest BCUT2D eigenvalue weighted by atomic mass is 32.2. The van der Waals surface area contributed by atoms with Crippen molar-refractivity contribution < 1.29 is 18.3 Å². The van der Waals surface area contributed by atoms with Gasteiger partial charge in [-0.2, -0.15) is 0 Å². The van der Waals surface area contributed by atoms with E-state index >= 15 is 0 Å². The van der Waals surface area contributed by atoms with E-state index < -0.39 is 28.2 Å². The third kappa shape index (κ3) is 3.85. The number of rotatable bonds is 5. The van der Waals surface area contributed by atoms with Gasteiger partial charge < -0.3 is 10.4 Å². The number of fused-ring (bicyclic) bond motifs is 1. The van der Waals surface area contributed by atoms with E-state index in [0.29, 0.717) is 5.69 Å². The van der Waals surface area contributed by atoms with Crippen molar-refractivity contribution >= 4 is 27.4 Å². The van der Waals surface area contributed by atoms with Crippen LogP contribution in [0.25, 0.3) is 0 Å². The third-order valence-corrected chi connectivity index (χ3v) is 4.19. The Labute approximate surface area is 111 Å². The zero-order valence-corrected chi connectivity index (χ0v) is 11.2. The Hall–Kier alpha value is -1.76. The molecule has 0 atom stereocenters. The number of nitrogens with one attached hydrogen (secondary N) is 2. The SMILES string of the molecule is O=C(O)CCS(=O)(=O)Nc1ccc2c(c1)NCCC2. The Morgan fingerprint density at radius 3 is 2.95 bits per heavy atom. The highest BCUT2D eigenvalue weighted by molar-refractivity contribution is 7.92. The largest absolute Gasteiger partial charge is 0.481 e. The molecule has 1 heterocycles. The van der Waals surface area contributed by atoms with Crippen molar-refractivity contribution in [2.24, 2.45) is 0 Å². The summed E-state index contributed by atoms with van der Waals surface area (Å²) in [5.74, 6) is -1.55. The molecule has 0 fully saturated rings. The quantitative estimate of drug-likeness (QED) is 0.756. The van der Waals surface area contributed by atoms with E-state index in [0.717, 1.165) is 25.1 Å². The number of carboxylic acids is 1. The summed E-state index contributed by atoms with van der Waals surface area (Å²) in [5.41, 5.74) is 2.56. The molecule has 1 aliphatic rings. The van der Waals surface area contributed by atoms with Crippen molar-refractivity contribution in [3.05, 3.63) is 23.8 Å². The summed E-state index contributed by atoms with van der Waals surface area (Å²) in [7, 11) is -3.61. The second kappa shape index (κ2) is 5.48. The minimum absolute atomic E-state index is 0.404. The van der Waals surface area contributed by atoms with Crippen molar-refractivity contribution in [2.45, 2.75) is 19.3 Å². The highest BCUT2D eigenvalue weighted by Crippen LogP contribution is 2.25. The molecule has 2 rings (SSSR count). The standard InChI is InChI=1S/C12H16N2O4S/c15-12(16)5-7-19(17,18)14-10-4-3-9-2-1-6-13-11(9)8-10/h3-4,8,13-14H,1-2,5-7H2,(H,15,16). The molecule has 19 heavy (non-hydrogen) atoms. The number of benzene rings is 1. The fourth-order valence-corrected chi connectivity index (χ4v) is 3.01. The lowest BCUT2D eigenvalue weighted by Gasteiger charge is -2.19. The molecule has 1 aromatic carbocycles. The topological polar surface area (TPSA) is 95.5 Å². The van der Waals surface area contributed by atoms with E-state index in [2.05, 4.69) is 10.0 Å². The average Bonchev–Trinajstić information content (AvgIpc) is 2.36. The normalized spacial score (nSPS) is 14.3. The predicted molar refractivity (Wildman–Crippen MR) is 72.9 cm³/mol. The van der Waals surface area contributed by atoms with Gasteiger partial charge in [0.25, 0.3) is 0 Å². The maximum atomic E-state index is 11.7. The molecule has 0 bridgehead atoms. The van der Waals surface area contributed by atoms with Crippen molar-refractivity contribution in [3.8, 4) is 0 Å². The van der Waals surface area contributed by atoms with E-state index in [9.17, 15) is 13.2 Å². The van der Waals surface area contributed by atoms with Gasteiger partial charge in [-0.3, -0.25) is 9.52 Å². The van der Waals surface area contributed by atoms with Crippen LogP contribution in [0.2, 0.25) is 0 Å². The van der Waals surface area contributed by atoms with Crippen molar-refractivity contribution in [3.63, 3.8) is 0 Å². The summed E-state index contributed by atoms with van der Waals surface area (Å²) < 4.78 is 25.7. The molecule has 0 unspecified atom stereocenters. The maximum absolute atomic E-state index is 11.7. The first-order valence-electron chi connectivity index (χ1n) is 6.05. The monoisotopic (exact) mass is 284 g/mol. The van der Waals surface area contributed by atoms with Gasteiger partial charge in [-0.1, -0.05) is 6.07 Å². The zero-order valence-electron chi connectivity index (χ0n) is 10.3.